The second kappa shape index (κ2) is 6.15. The molecule has 25 heavy (non-hydrogen) atoms. The number of nitriles is 1. The maximum Gasteiger partial charge on any atom is 0.161 e. The first-order chi connectivity index (χ1) is 12.2. The normalized spacial score (nSPS) is 12.3. The maximum absolute atomic E-state index is 12.8. The van der Waals surface area contributed by atoms with Crippen LogP contribution in [0.15, 0.2) is 48.7 Å². The van der Waals surface area contributed by atoms with Crippen molar-refractivity contribution in [3.8, 4) is 6.07 Å². The molecule has 1 atom stereocenters. The molecule has 5 heteroatoms. The summed E-state index contributed by atoms with van der Waals surface area (Å²) < 4.78 is 0.994. The Balaban J connectivity index is 1.65. The number of nitrogens with zero attached hydrogens (tertiary/aromatic N) is 2. The lowest BCUT2D eigenvalue weighted by Crippen LogP contribution is -2.13. The van der Waals surface area contributed by atoms with E-state index in [1.807, 2.05) is 49.5 Å². The Hall–Kier alpha value is -2.97. The summed E-state index contributed by atoms with van der Waals surface area (Å²) in [6.07, 6.45) is 2.08. The third kappa shape index (κ3) is 2.81. The molecule has 0 radical (unpaired) electrons. The average Bonchev–Trinajstić information content (AvgIpc) is 3.19. The standard InChI is InChI=1S/C20H15N3OS/c1-12-6-7-14-13(11-22-17(14)8-12)9-18(24)15(10-21)20-23-16-4-2-3-5-19(16)25-20/h2-8,11,15,22H,9H2,1H3. The van der Waals surface area contributed by atoms with Gasteiger partial charge in [0.15, 0.2) is 11.7 Å². The van der Waals surface area contributed by atoms with Crippen LogP contribution < -0.4 is 0 Å². The van der Waals surface area contributed by atoms with Crippen molar-refractivity contribution in [3.05, 3.63) is 64.8 Å². The van der Waals surface area contributed by atoms with Gasteiger partial charge in [0.05, 0.1) is 16.3 Å². The zero-order valence-electron chi connectivity index (χ0n) is 13.6. The lowest BCUT2D eigenvalue weighted by molar-refractivity contribution is -0.118. The van der Waals surface area contributed by atoms with Crippen molar-refractivity contribution in [1.29, 1.82) is 5.26 Å². The van der Waals surface area contributed by atoms with Crippen molar-refractivity contribution in [2.45, 2.75) is 19.3 Å². The highest BCUT2D eigenvalue weighted by Crippen LogP contribution is 2.29. The quantitative estimate of drug-likeness (QED) is 0.592. The van der Waals surface area contributed by atoms with Gasteiger partial charge in [-0.3, -0.25) is 4.79 Å². The Morgan fingerprint density at radius 2 is 2.16 bits per heavy atom. The number of aromatic amines is 1. The van der Waals surface area contributed by atoms with Crippen LogP contribution in [0.3, 0.4) is 0 Å². The highest BCUT2D eigenvalue weighted by atomic mass is 32.1. The number of nitrogens with one attached hydrogen (secondary N) is 1. The molecule has 1 N–H and O–H groups in total. The topological polar surface area (TPSA) is 69.5 Å². The summed E-state index contributed by atoms with van der Waals surface area (Å²) in [5.74, 6) is -0.948. The molecule has 2 aromatic carbocycles. The Kier molecular flexibility index (Phi) is 3.83. The Morgan fingerprint density at radius 3 is 2.96 bits per heavy atom. The first kappa shape index (κ1) is 15.6. The molecule has 0 bridgehead atoms. The van der Waals surface area contributed by atoms with Crippen LogP contribution in [-0.2, 0) is 11.2 Å². The number of rotatable bonds is 4. The number of benzene rings is 2. The van der Waals surface area contributed by atoms with Crippen LogP contribution in [0.25, 0.3) is 21.1 Å². The van der Waals surface area contributed by atoms with Crippen molar-refractivity contribution in [1.82, 2.24) is 9.97 Å². The van der Waals surface area contributed by atoms with E-state index in [0.29, 0.717) is 5.01 Å². The summed E-state index contributed by atoms with van der Waals surface area (Å²) in [6, 6.07) is 15.9. The number of carbonyl (C=O) groups is 1. The van der Waals surface area contributed by atoms with E-state index >= 15 is 0 Å². The van der Waals surface area contributed by atoms with Crippen LogP contribution in [0.1, 0.15) is 22.1 Å². The molecule has 0 saturated heterocycles. The summed E-state index contributed by atoms with van der Waals surface area (Å²) in [6.45, 7) is 2.03. The van der Waals surface area contributed by atoms with Gasteiger partial charge in [0.1, 0.15) is 5.01 Å². The van der Waals surface area contributed by atoms with E-state index in [0.717, 1.165) is 32.2 Å². The van der Waals surface area contributed by atoms with Gasteiger partial charge in [0.2, 0.25) is 0 Å². The van der Waals surface area contributed by atoms with Crippen molar-refractivity contribution in [2.75, 3.05) is 0 Å². The van der Waals surface area contributed by atoms with Gasteiger partial charge in [-0.2, -0.15) is 5.26 Å². The minimum absolute atomic E-state index is 0.122. The lowest BCUT2D eigenvalue weighted by Gasteiger charge is -2.04. The number of ketones is 1. The molecule has 4 aromatic rings. The predicted octanol–water partition coefficient (Wildman–Crippen LogP) is 4.51. The maximum atomic E-state index is 12.8. The summed E-state index contributed by atoms with van der Waals surface area (Å²) in [5.41, 5.74) is 3.92. The van der Waals surface area contributed by atoms with Gasteiger partial charge in [-0.05, 0) is 36.2 Å². The van der Waals surface area contributed by atoms with Crippen LogP contribution in [0.2, 0.25) is 0 Å². The third-order valence-electron chi connectivity index (χ3n) is 4.30. The Morgan fingerprint density at radius 1 is 1.32 bits per heavy atom. The number of aryl methyl sites for hydroxylation is 1. The second-order valence-corrected chi connectivity index (χ2v) is 7.15. The number of thiazole rings is 1. The van der Waals surface area contributed by atoms with Gasteiger partial charge < -0.3 is 4.98 Å². The molecule has 2 heterocycles. The van der Waals surface area contributed by atoms with Gasteiger partial charge in [-0.25, -0.2) is 4.98 Å². The van der Waals surface area contributed by atoms with Crippen molar-refractivity contribution in [2.24, 2.45) is 0 Å². The van der Waals surface area contributed by atoms with Gasteiger partial charge in [-0.15, -0.1) is 11.3 Å². The van der Waals surface area contributed by atoms with Crippen molar-refractivity contribution in [3.63, 3.8) is 0 Å². The molecule has 122 valence electrons. The van der Waals surface area contributed by atoms with Crippen molar-refractivity contribution < 1.29 is 4.79 Å². The lowest BCUT2D eigenvalue weighted by atomic mass is 9.99. The highest BCUT2D eigenvalue weighted by molar-refractivity contribution is 7.18. The third-order valence-corrected chi connectivity index (χ3v) is 5.40. The molecule has 1 unspecified atom stereocenters. The van der Waals surface area contributed by atoms with Gasteiger partial charge in [-0.1, -0.05) is 24.3 Å². The Bertz CT molecular complexity index is 1100. The molecule has 4 nitrogen and oxygen atoms in total. The fourth-order valence-corrected chi connectivity index (χ4v) is 4.05. The zero-order valence-corrected chi connectivity index (χ0v) is 14.4. The number of para-hydroxylation sites is 1. The summed E-state index contributed by atoms with van der Waals surface area (Å²) in [7, 11) is 0. The van der Waals surface area contributed by atoms with Crippen LogP contribution in [0, 0.1) is 18.3 Å². The molecule has 2 aromatic heterocycles. The molecule has 0 amide bonds. The van der Waals surface area contributed by atoms with Gasteiger partial charge in [0.25, 0.3) is 0 Å². The van der Waals surface area contributed by atoms with E-state index in [1.54, 1.807) is 0 Å². The average molecular weight is 345 g/mol. The number of aromatic nitrogens is 2. The fourth-order valence-electron chi connectivity index (χ4n) is 3.01. The number of hydrogen-bond acceptors (Lipinski definition) is 4. The van der Waals surface area contributed by atoms with Crippen molar-refractivity contribution >= 4 is 38.2 Å². The smallest absolute Gasteiger partial charge is 0.161 e. The largest absolute Gasteiger partial charge is 0.361 e. The van der Waals surface area contributed by atoms with E-state index in [9.17, 15) is 10.1 Å². The Labute approximate surface area is 148 Å². The molecular formula is C20H15N3OS. The van der Waals surface area contributed by atoms with E-state index in [1.165, 1.54) is 11.3 Å². The predicted molar refractivity (Wildman–Crippen MR) is 99.7 cm³/mol. The first-order valence-electron chi connectivity index (χ1n) is 8.00. The minimum atomic E-state index is -0.826. The molecular weight excluding hydrogens is 330 g/mol. The van der Waals surface area contributed by atoms with Gasteiger partial charge in [0, 0.05) is 23.5 Å². The van der Waals surface area contributed by atoms with E-state index < -0.39 is 5.92 Å². The number of fused-ring (bicyclic) bond motifs is 2. The summed E-state index contributed by atoms with van der Waals surface area (Å²) in [5, 5.41) is 11.1. The van der Waals surface area contributed by atoms with Crippen LogP contribution in [-0.4, -0.2) is 15.8 Å². The summed E-state index contributed by atoms with van der Waals surface area (Å²) >= 11 is 1.41. The number of hydrogen-bond donors (Lipinski definition) is 1. The number of H-pyrrole nitrogens is 1. The van der Waals surface area contributed by atoms with E-state index in [2.05, 4.69) is 22.1 Å². The van der Waals surface area contributed by atoms with E-state index in [-0.39, 0.29) is 12.2 Å². The molecule has 0 aliphatic carbocycles. The number of Topliss-reactive ketones (excluding diaryl/α,β-unsaturated/α-hetero) is 1. The van der Waals surface area contributed by atoms with Gasteiger partial charge >= 0.3 is 0 Å². The highest BCUT2D eigenvalue weighted by Gasteiger charge is 2.24. The number of carbonyl (C=O) groups excluding carboxylic acids is 1. The fraction of sp³-hybridized carbons (Fsp3) is 0.150. The zero-order chi connectivity index (χ0) is 17.4. The second-order valence-electron chi connectivity index (χ2n) is 6.09. The minimum Gasteiger partial charge on any atom is -0.361 e. The summed E-state index contributed by atoms with van der Waals surface area (Å²) in [4.78, 5) is 20.4. The first-order valence-corrected chi connectivity index (χ1v) is 8.82. The molecule has 0 saturated carbocycles. The van der Waals surface area contributed by atoms with Crippen LogP contribution in [0.4, 0.5) is 0 Å². The van der Waals surface area contributed by atoms with Crippen LogP contribution >= 0.6 is 11.3 Å². The molecule has 4 rings (SSSR count). The van der Waals surface area contributed by atoms with Crippen LogP contribution in [0.5, 0.6) is 0 Å². The molecule has 0 spiro atoms. The molecule has 0 fully saturated rings. The SMILES string of the molecule is Cc1ccc2c(CC(=O)C(C#N)c3nc4ccccc4s3)c[nH]c2c1. The molecule has 0 aliphatic heterocycles. The molecule has 0 aliphatic rings. The van der Waals surface area contributed by atoms with E-state index in [4.69, 9.17) is 0 Å². The monoisotopic (exact) mass is 345 g/mol.